The van der Waals surface area contributed by atoms with Crippen LogP contribution < -0.4 is 11.1 Å². The summed E-state index contributed by atoms with van der Waals surface area (Å²) < 4.78 is 0. The number of nitrogens with one attached hydrogen (secondary N) is 1. The molecule has 4 N–H and O–H groups in total. The van der Waals surface area contributed by atoms with E-state index in [0.717, 1.165) is 24.1 Å². The Kier molecular flexibility index (Phi) is 4.39. The van der Waals surface area contributed by atoms with Crippen LogP contribution in [0.3, 0.4) is 0 Å². The smallest absolute Gasteiger partial charge is 0.238 e. The van der Waals surface area contributed by atoms with Gasteiger partial charge in [-0.3, -0.25) is 9.69 Å². The second-order valence-electron chi connectivity index (χ2n) is 5.05. The summed E-state index contributed by atoms with van der Waals surface area (Å²) in [4.78, 5) is 14.0. The molecule has 0 unspecified atom stereocenters. The molecule has 0 aromatic heterocycles. The van der Waals surface area contributed by atoms with Crippen LogP contribution in [0.5, 0.6) is 0 Å². The number of hydrogen-bond donors (Lipinski definition) is 3. The van der Waals surface area contributed by atoms with Crippen molar-refractivity contribution in [2.24, 2.45) is 0 Å². The van der Waals surface area contributed by atoms with Crippen molar-refractivity contribution in [3.05, 3.63) is 23.8 Å². The molecular weight excluding hydrogens is 242 g/mol. The number of anilines is 2. The van der Waals surface area contributed by atoms with Crippen LogP contribution in [0, 0.1) is 6.92 Å². The third-order valence-corrected chi connectivity index (χ3v) is 3.32. The van der Waals surface area contributed by atoms with Gasteiger partial charge in [0.15, 0.2) is 0 Å². The quantitative estimate of drug-likeness (QED) is 0.668. The summed E-state index contributed by atoms with van der Waals surface area (Å²) in [6.45, 7) is 2.89. The lowest BCUT2D eigenvalue weighted by molar-refractivity contribution is -0.117. The van der Waals surface area contributed by atoms with Gasteiger partial charge in [0.05, 0.1) is 13.2 Å². The van der Waals surface area contributed by atoms with E-state index < -0.39 is 0 Å². The van der Waals surface area contributed by atoms with Gasteiger partial charge < -0.3 is 16.2 Å². The molecule has 104 valence electrons. The van der Waals surface area contributed by atoms with Crippen molar-refractivity contribution in [3.63, 3.8) is 0 Å². The van der Waals surface area contributed by atoms with Crippen molar-refractivity contribution in [3.8, 4) is 0 Å². The maximum Gasteiger partial charge on any atom is 0.238 e. The summed E-state index contributed by atoms with van der Waals surface area (Å²) >= 11 is 0. The lowest BCUT2D eigenvalue weighted by atomic mass is 10.2. The van der Waals surface area contributed by atoms with Gasteiger partial charge in [0, 0.05) is 24.0 Å². The van der Waals surface area contributed by atoms with Gasteiger partial charge in [-0.05, 0) is 43.5 Å². The SMILES string of the molecule is Cc1cc(N)ccc1NC(=O)CN(CCO)C1CC1. The number of nitrogens with zero attached hydrogens (tertiary/aromatic N) is 1. The molecule has 2 rings (SSSR count). The topological polar surface area (TPSA) is 78.6 Å². The molecule has 0 spiro atoms. The fourth-order valence-electron chi connectivity index (χ4n) is 2.16. The molecule has 1 aliphatic rings. The number of aliphatic hydroxyl groups is 1. The Morgan fingerprint density at radius 1 is 1.53 bits per heavy atom. The van der Waals surface area contributed by atoms with E-state index in [1.807, 2.05) is 24.0 Å². The number of carbonyl (C=O) groups excluding carboxylic acids is 1. The predicted molar refractivity (Wildman–Crippen MR) is 75.9 cm³/mol. The molecule has 0 aliphatic heterocycles. The van der Waals surface area contributed by atoms with Crippen molar-refractivity contribution >= 4 is 17.3 Å². The number of hydrogen-bond acceptors (Lipinski definition) is 4. The average Bonchev–Trinajstić information content (AvgIpc) is 3.16. The molecule has 5 nitrogen and oxygen atoms in total. The molecule has 1 amide bonds. The standard InChI is InChI=1S/C14H21N3O2/c1-10-8-11(15)2-5-13(10)16-14(19)9-17(6-7-18)12-3-4-12/h2,5,8,12,18H,3-4,6-7,9,15H2,1H3,(H,16,19). The van der Waals surface area contributed by atoms with Crippen LogP contribution in [0.1, 0.15) is 18.4 Å². The fraction of sp³-hybridized carbons (Fsp3) is 0.500. The molecule has 1 aromatic carbocycles. The van der Waals surface area contributed by atoms with Gasteiger partial charge in [-0.25, -0.2) is 0 Å². The Hall–Kier alpha value is -1.59. The molecule has 1 saturated carbocycles. The van der Waals surface area contributed by atoms with Gasteiger partial charge in [-0.1, -0.05) is 0 Å². The van der Waals surface area contributed by atoms with Gasteiger partial charge in [0.25, 0.3) is 0 Å². The van der Waals surface area contributed by atoms with Crippen molar-refractivity contribution in [1.82, 2.24) is 4.90 Å². The second-order valence-corrected chi connectivity index (χ2v) is 5.05. The Balaban J connectivity index is 1.92. The highest BCUT2D eigenvalue weighted by atomic mass is 16.3. The van der Waals surface area contributed by atoms with E-state index in [2.05, 4.69) is 5.32 Å². The van der Waals surface area contributed by atoms with Gasteiger partial charge in [-0.2, -0.15) is 0 Å². The van der Waals surface area contributed by atoms with Crippen LogP contribution >= 0.6 is 0 Å². The van der Waals surface area contributed by atoms with Crippen molar-refractivity contribution in [1.29, 1.82) is 0 Å². The van der Waals surface area contributed by atoms with E-state index in [9.17, 15) is 4.79 Å². The molecule has 0 bridgehead atoms. The summed E-state index contributed by atoms with van der Waals surface area (Å²) in [5, 5.41) is 11.9. The summed E-state index contributed by atoms with van der Waals surface area (Å²) in [5.41, 5.74) is 8.11. The van der Waals surface area contributed by atoms with Gasteiger partial charge in [0.1, 0.15) is 0 Å². The highest BCUT2D eigenvalue weighted by molar-refractivity contribution is 5.93. The van der Waals surface area contributed by atoms with E-state index >= 15 is 0 Å². The lowest BCUT2D eigenvalue weighted by Gasteiger charge is -2.20. The van der Waals surface area contributed by atoms with Crippen LogP contribution in [-0.4, -0.2) is 41.7 Å². The molecule has 0 saturated heterocycles. The number of aliphatic hydroxyl groups excluding tert-OH is 1. The molecule has 1 aromatic rings. The number of amides is 1. The van der Waals surface area contributed by atoms with Gasteiger partial charge in [-0.15, -0.1) is 0 Å². The third kappa shape index (κ3) is 3.94. The van der Waals surface area contributed by atoms with Crippen molar-refractivity contribution < 1.29 is 9.90 Å². The van der Waals surface area contributed by atoms with Crippen LogP contribution in [0.25, 0.3) is 0 Å². The summed E-state index contributed by atoms with van der Waals surface area (Å²) in [5.74, 6) is -0.0479. The van der Waals surface area contributed by atoms with E-state index in [1.54, 1.807) is 6.07 Å². The number of rotatable bonds is 6. The molecule has 19 heavy (non-hydrogen) atoms. The minimum Gasteiger partial charge on any atom is -0.399 e. The molecule has 1 aliphatic carbocycles. The zero-order valence-corrected chi connectivity index (χ0v) is 11.2. The van der Waals surface area contributed by atoms with E-state index in [-0.39, 0.29) is 12.5 Å². The first kappa shape index (κ1) is 13.8. The molecule has 1 fully saturated rings. The highest BCUT2D eigenvalue weighted by Crippen LogP contribution is 2.26. The monoisotopic (exact) mass is 263 g/mol. The Morgan fingerprint density at radius 2 is 2.26 bits per heavy atom. The number of nitrogen functional groups attached to an aromatic ring is 1. The van der Waals surface area contributed by atoms with Crippen molar-refractivity contribution in [2.45, 2.75) is 25.8 Å². The molecule has 0 atom stereocenters. The van der Waals surface area contributed by atoms with Crippen molar-refractivity contribution in [2.75, 3.05) is 30.7 Å². The van der Waals surface area contributed by atoms with Crippen LogP contribution in [-0.2, 0) is 4.79 Å². The summed E-state index contributed by atoms with van der Waals surface area (Å²) in [6.07, 6.45) is 2.24. The minimum atomic E-state index is -0.0479. The number of nitrogens with two attached hydrogens (primary N) is 1. The first-order valence-electron chi connectivity index (χ1n) is 6.61. The van der Waals surface area contributed by atoms with Gasteiger partial charge in [0.2, 0.25) is 5.91 Å². The second kappa shape index (κ2) is 6.04. The number of benzene rings is 1. The normalized spacial score (nSPS) is 14.7. The Morgan fingerprint density at radius 3 is 2.84 bits per heavy atom. The lowest BCUT2D eigenvalue weighted by Crippen LogP contribution is -2.36. The minimum absolute atomic E-state index is 0.0479. The molecule has 0 heterocycles. The number of aryl methyl sites for hydroxylation is 1. The van der Waals surface area contributed by atoms with Crippen LogP contribution in [0.4, 0.5) is 11.4 Å². The van der Waals surface area contributed by atoms with Crippen LogP contribution in [0.2, 0.25) is 0 Å². The zero-order chi connectivity index (χ0) is 13.8. The Bertz CT molecular complexity index is 458. The largest absolute Gasteiger partial charge is 0.399 e. The maximum absolute atomic E-state index is 12.0. The first-order chi connectivity index (χ1) is 9.10. The van der Waals surface area contributed by atoms with E-state index in [4.69, 9.17) is 10.8 Å². The summed E-state index contributed by atoms with van der Waals surface area (Å²) in [7, 11) is 0. The first-order valence-corrected chi connectivity index (χ1v) is 6.61. The third-order valence-electron chi connectivity index (χ3n) is 3.32. The zero-order valence-electron chi connectivity index (χ0n) is 11.2. The molecule has 5 heteroatoms. The van der Waals surface area contributed by atoms with E-state index in [0.29, 0.717) is 24.8 Å². The maximum atomic E-state index is 12.0. The summed E-state index contributed by atoms with van der Waals surface area (Å²) in [6, 6.07) is 5.89. The molecular formula is C14H21N3O2. The average molecular weight is 263 g/mol. The fourth-order valence-corrected chi connectivity index (χ4v) is 2.16. The number of carbonyl (C=O) groups is 1. The van der Waals surface area contributed by atoms with Gasteiger partial charge >= 0.3 is 0 Å². The van der Waals surface area contributed by atoms with E-state index in [1.165, 1.54) is 0 Å². The Labute approximate surface area is 113 Å². The van der Waals surface area contributed by atoms with Crippen LogP contribution in [0.15, 0.2) is 18.2 Å². The molecule has 0 radical (unpaired) electrons. The highest BCUT2D eigenvalue weighted by Gasteiger charge is 2.29. The predicted octanol–water partition coefficient (Wildman–Crippen LogP) is 0.972.